The van der Waals surface area contributed by atoms with Crippen LogP contribution in [0, 0.1) is 0 Å². The van der Waals surface area contributed by atoms with Gasteiger partial charge in [-0.2, -0.15) is 0 Å². The largest absolute Gasteiger partial charge is 0.350 e. The van der Waals surface area contributed by atoms with Gasteiger partial charge in [0.05, 0.1) is 0 Å². The molecule has 1 rings (SSSR count). The summed E-state index contributed by atoms with van der Waals surface area (Å²) in [5, 5.41) is 0. The van der Waals surface area contributed by atoms with Crippen molar-refractivity contribution < 1.29 is 0 Å². The lowest BCUT2D eigenvalue weighted by Gasteiger charge is -2.26. The zero-order chi connectivity index (χ0) is 9.68. The Morgan fingerprint density at radius 3 is 2.85 bits per heavy atom. The summed E-state index contributed by atoms with van der Waals surface area (Å²) >= 11 is 0. The Bertz CT molecular complexity index is 254. The molecule has 0 unspecified atom stereocenters. The molecule has 1 aliphatic heterocycles. The summed E-state index contributed by atoms with van der Waals surface area (Å²) in [4.78, 5) is 2.28. The highest BCUT2D eigenvalue weighted by Gasteiger charge is 2.08. The third-order valence-electron chi connectivity index (χ3n) is 2.29. The Hall–Kier alpha value is -0.850. The topological polar surface area (TPSA) is 3.24 Å². The van der Waals surface area contributed by atoms with Crippen molar-refractivity contribution in [1.29, 1.82) is 0 Å². The van der Waals surface area contributed by atoms with Crippen molar-refractivity contribution in [2.45, 2.75) is 20.0 Å². The van der Waals surface area contributed by atoms with Gasteiger partial charge < -0.3 is 4.90 Å². The number of likely N-dealkylation sites (N-methyl/N-ethyl adjacent to an activating group) is 1. The quantitative estimate of drug-likeness (QED) is 0.585. The summed E-state index contributed by atoms with van der Waals surface area (Å²) in [6, 6.07) is 0. The Morgan fingerprint density at radius 1 is 1.46 bits per heavy atom. The second-order valence-electron chi connectivity index (χ2n) is 3.36. The fourth-order valence-corrected chi connectivity index (χ4v) is 1.57. The lowest BCUT2D eigenvalue weighted by Crippen LogP contribution is -2.19. The van der Waals surface area contributed by atoms with Crippen molar-refractivity contribution in [3.8, 4) is 0 Å². The third kappa shape index (κ3) is 2.55. The molecule has 0 atom stereocenters. The second kappa shape index (κ2) is 5.00. The molecule has 0 aliphatic carbocycles. The average molecular weight is 173 g/mol. The van der Waals surface area contributed by atoms with Gasteiger partial charge in [0.2, 0.25) is 0 Å². The van der Waals surface area contributed by atoms with Crippen LogP contribution in [0.5, 0.6) is 0 Å². The molecule has 3 heteroatoms. The van der Waals surface area contributed by atoms with E-state index in [1.807, 2.05) is 0 Å². The SMILES string of the molecule is CB/C=C1/C=CC=C(CBC)N1C. The molecule has 0 saturated heterocycles. The van der Waals surface area contributed by atoms with Gasteiger partial charge in [-0.3, -0.25) is 0 Å². The first-order valence-electron chi connectivity index (χ1n) is 5.10. The molecule has 68 valence electrons. The molecular weight excluding hydrogens is 156 g/mol. The number of rotatable bonds is 3. The van der Waals surface area contributed by atoms with E-state index in [2.05, 4.69) is 49.8 Å². The second-order valence-corrected chi connectivity index (χ2v) is 3.36. The molecule has 0 aromatic carbocycles. The number of allylic oxidation sites excluding steroid dienone is 4. The van der Waals surface area contributed by atoms with Crippen LogP contribution in [-0.4, -0.2) is 26.5 Å². The maximum atomic E-state index is 2.28. The molecule has 0 aromatic heterocycles. The molecule has 0 bridgehead atoms. The van der Waals surface area contributed by atoms with Crippen LogP contribution < -0.4 is 0 Å². The van der Waals surface area contributed by atoms with Gasteiger partial charge in [-0.15, -0.1) is 0 Å². The van der Waals surface area contributed by atoms with E-state index in [1.54, 1.807) is 0 Å². The van der Waals surface area contributed by atoms with Gasteiger partial charge in [0.25, 0.3) is 0 Å². The van der Waals surface area contributed by atoms with Gasteiger partial charge >= 0.3 is 0 Å². The van der Waals surface area contributed by atoms with Crippen LogP contribution in [0.25, 0.3) is 0 Å². The minimum Gasteiger partial charge on any atom is -0.350 e. The fourth-order valence-electron chi connectivity index (χ4n) is 1.57. The monoisotopic (exact) mass is 173 g/mol. The Morgan fingerprint density at radius 2 is 2.23 bits per heavy atom. The van der Waals surface area contributed by atoms with Crippen molar-refractivity contribution in [3.05, 3.63) is 35.6 Å². The minimum atomic E-state index is 1.10. The summed E-state index contributed by atoms with van der Waals surface area (Å²) in [5.41, 5.74) is 2.75. The van der Waals surface area contributed by atoms with E-state index < -0.39 is 0 Å². The molecule has 13 heavy (non-hydrogen) atoms. The van der Waals surface area contributed by atoms with Gasteiger partial charge in [-0.25, -0.2) is 0 Å². The summed E-state index contributed by atoms with van der Waals surface area (Å²) in [6.45, 7) is 4.39. The number of hydrogen-bond donors (Lipinski definition) is 0. The fraction of sp³-hybridized carbons (Fsp3) is 0.400. The van der Waals surface area contributed by atoms with Crippen LogP contribution in [0.3, 0.4) is 0 Å². The summed E-state index contributed by atoms with van der Waals surface area (Å²) < 4.78 is 0. The molecule has 0 fully saturated rings. The van der Waals surface area contributed by atoms with Gasteiger partial charge in [-0.1, -0.05) is 25.7 Å². The van der Waals surface area contributed by atoms with E-state index in [1.165, 1.54) is 25.0 Å². The predicted molar refractivity (Wildman–Crippen MR) is 63.9 cm³/mol. The molecule has 0 radical (unpaired) electrons. The highest BCUT2D eigenvalue weighted by molar-refractivity contribution is 6.40. The van der Waals surface area contributed by atoms with Crippen molar-refractivity contribution >= 4 is 14.6 Å². The summed E-state index contributed by atoms with van der Waals surface area (Å²) in [6.07, 6.45) is 7.69. The standard InChI is InChI=1S/C10H17B2N/c1-11-7-9-5-4-6-10(8-12-2)13(9)3/h4-7,11-12H,8H2,1-3H3/b9-7-. The van der Waals surface area contributed by atoms with E-state index >= 15 is 0 Å². The van der Waals surface area contributed by atoms with Crippen LogP contribution in [-0.2, 0) is 0 Å². The van der Waals surface area contributed by atoms with Gasteiger partial charge in [0, 0.05) is 18.4 Å². The van der Waals surface area contributed by atoms with E-state index in [-0.39, 0.29) is 0 Å². The molecule has 0 N–H and O–H groups in total. The van der Waals surface area contributed by atoms with E-state index in [0.29, 0.717) is 0 Å². The van der Waals surface area contributed by atoms with Crippen molar-refractivity contribution in [1.82, 2.24) is 4.90 Å². The Labute approximate surface area is 82.7 Å². The number of hydrogen-bond acceptors (Lipinski definition) is 1. The first kappa shape index (κ1) is 10.2. The first-order valence-corrected chi connectivity index (χ1v) is 5.10. The molecular formula is C10H17B2N. The maximum absolute atomic E-state index is 2.28. The van der Waals surface area contributed by atoms with Crippen molar-refractivity contribution in [3.63, 3.8) is 0 Å². The highest BCUT2D eigenvalue weighted by atomic mass is 15.1. The average Bonchev–Trinajstić information content (AvgIpc) is 2.13. The van der Waals surface area contributed by atoms with Crippen LogP contribution >= 0.6 is 0 Å². The van der Waals surface area contributed by atoms with Crippen LogP contribution in [0.1, 0.15) is 0 Å². The Balaban J connectivity index is 2.74. The molecule has 0 amide bonds. The molecule has 0 spiro atoms. The van der Waals surface area contributed by atoms with Crippen LogP contribution in [0.4, 0.5) is 0 Å². The molecule has 1 heterocycles. The first-order chi connectivity index (χ1) is 6.29. The lowest BCUT2D eigenvalue weighted by atomic mass is 9.75. The highest BCUT2D eigenvalue weighted by Crippen LogP contribution is 2.19. The lowest BCUT2D eigenvalue weighted by molar-refractivity contribution is 0.533. The minimum absolute atomic E-state index is 1.10. The predicted octanol–water partition coefficient (Wildman–Crippen LogP) is 1.60. The zero-order valence-corrected chi connectivity index (χ0v) is 8.88. The molecule has 1 aliphatic rings. The van der Waals surface area contributed by atoms with Gasteiger partial charge in [-0.05, 0) is 18.5 Å². The van der Waals surface area contributed by atoms with Crippen molar-refractivity contribution in [2.24, 2.45) is 0 Å². The van der Waals surface area contributed by atoms with Gasteiger partial charge in [0.1, 0.15) is 14.6 Å². The molecule has 1 nitrogen and oxygen atoms in total. The molecule has 0 aromatic rings. The van der Waals surface area contributed by atoms with Crippen LogP contribution in [0.2, 0.25) is 20.0 Å². The van der Waals surface area contributed by atoms with E-state index in [0.717, 1.165) is 7.28 Å². The molecule has 0 saturated carbocycles. The van der Waals surface area contributed by atoms with E-state index in [9.17, 15) is 0 Å². The van der Waals surface area contributed by atoms with Gasteiger partial charge in [0.15, 0.2) is 0 Å². The summed E-state index contributed by atoms with van der Waals surface area (Å²) in [5.74, 6) is 2.26. The normalized spacial score (nSPS) is 18.8. The van der Waals surface area contributed by atoms with Crippen molar-refractivity contribution in [2.75, 3.05) is 7.05 Å². The Kier molecular flexibility index (Phi) is 3.94. The third-order valence-corrected chi connectivity index (χ3v) is 2.29. The zero-order valence-electron chi connectivity index (χ0n) is 8.88. The van der Waals surface area contributed by atoms with Crippen LogP contribution in [0.15, 0.2) is 35.6 Å². The summed E-state index contributed by atoms with van der Waals surface area (Å²) in [7, 11) is 4.46. The maximum Gasteiger partial charge on any atom is 0.147 e. The number of nitrogens with zero attached hydrogens (tertiary/aromatic N) is 1. The van der Waals surface area contributed by atoms with E-state index in [4.69, 9.17) is 0 Å². The smallest absolute Gasteiger partial charge is 0.147 e.